The van der Waals surface area contributed by atoms with Gasteiger partial charge in [0.05, 0.1) is 25.0 Å². The summed E-state index contributed by atoms with van der Waals surface area (Å²) in [5.41, 5.74) is 3.14. The SMILES string of the molecule is CCCN(Cc1cnn(C)c1)C(=O)N[C@@H](C)Cn1nc(C)cc1C. The number of nitrogens with one attached hydrogen (secondary N) is 1. The molecule has 0 unspecified atom stereocenters. The third kappa shape index (κ3) is 4.84. The Labute approximate surface area is 143 Å². The minimum atomic E-state index is -0.0465. The van der Waals surface area contributed by atoms with Gasteiger partial charge in [0.25, 0.3) is 0 Å². The first kappa shape index (κ1) is 18.0. The zero-order chi connectivity index (χ0) is 17.7. The van der Waals surface area contributed by atoms with Gasteiger partial charge in [-0.1, -0.05) is 6.92 Å². The van der Waals surface area contributed by atoms with E-state index in [0.717, 1.165) is 23.4 Å². The molecule has 0 saturated carbocycles. The van der Waals surface area contributed by atoms with E-state index in [1.807, 2.05) is 49.7 Å². The van der Waals surface area contributed by atoms with E-state index >= 15 is 0 Å². The van der Waals surface area contributed by atoms with Crippen LogP contribution in [0.3, 0.4) is 0 Å². The van der Waals surface area contributed by atoms with Crippen molar-refractivity contribution in [3.8, 4) is 0 Å². The quantitative estimate of drug-likeness (QED) is 0.845. The van der Waals surface area contributed by atoms with Crippen LogP contribution in [0.4, 0.5) is 4.79 Å². The number of hydrogen-bond acceptors (Lipinski definition) is 3. The lowest BCUT2D eigenvalue weighted by atomic mass is 10.3. The van der Waals surface area contributed by atoms with Crippen LogP contribution in [-0.4, -0.2) is 43.1 Å². The summed E-state index contributed by atoms with van der Waals surface area (Å²) in [4.78, 5) is 14.4. The average Bonchev–Trinajstić information content (AvgIpc) is 3.04. The number of carbonyl (C=O) groups excluding carboxylic acids is 1. The number of urea groups is 1. The highest BCUT2D eigenvalue weighted by Crippen LogP contribution is 2.06. The van der Waals surface area contributed by atoms with Gasteiger partial charge in [0.1, 0.15) is 0 Å². The number of amides is 2. The fourth-order valence-electron chi connectivity index (χ4n) is 2.76. The molecule has 7 heteroatoms. The highest BCUT2D eigenvalue weighted by molar-refractivity contribution is 5.74. The van der Waals surface area contributed by atoms with Crippen molar-refractivity contribution in [2.75, 3.05) is 6.54 Å². The molecule has 0 aromatic carbocycles. The molecular weight excluding hydrogens is 304 g/mol. The predicted octanol–water partition coefficient (Wildman–Crippen LogP) is 2.24. The van der Waals surface area contributed by atoms with Crippen molar-refractivity contribution in [3.05, 3.63) is 35.4 Å². The number of rotatable bonds is 7. The van der Waals surface area contributed by atoms with Gasteiger partial charge in [0.2, 0.25) is 0 Å². The van der Waals surface area contributed by atoms with Crippen molar-refractivity contribution in [2.45, 2.75) is 53.2 Å². The standard InChI is InChI=1S/C17H28N6O/c1-6-7-22(12-16-9-18-21(5)11-16)17(24)19-14(3)10-23-15(4)8-13(2)20-23/h8-9,11,14H,6-7,10,12H2,1-5H3,(H,19,24)/t14-/m0/s1. The topological polar surface area (TPSA) is 68.0 Å². The lowest BCUT2D eigenvalue weighted by Crippen LogP contribution is -2.45. The van der Waals surface area contributed by atoms with Crippen LogP contribution in [-0.2, 0) is 20.1 Å². The van der Waals surface area contributed by atoms with Gasteiger partial charge >= 0.3 is 6.03 Å². The summed E-state index contributed by atoms with van der Waals surface area (Å²) in [6.07, 6.45) is 4.66. The van der Waals surface area contributed by atoms with Crippen LogP contribution in [0.15, 0.2) is 18.5 Å². The molecule has 1 N–H and O–H groups in total. The lowest BCUT2D eigenvalue weighted by molar-refractivity contribution is 0.190. The van der Waals surface area contributed by atoms with Crippen LogP contribution in [0.2, 0.25) is 0 Å². The zero-order valence-electron chi connectivity index (χ0n) is 15.3. The molecule has 2 aromatic rings. The maximum Gasteiger partial charge on any atom is 0.317 e. The first-order valence-electron chi connectivity index (χ1n) is 8.43. The van der Waals surface area contributed by atoms with Gasteiger partial charge in [-0.15, -0.1) is 0 Å². The molecule has 0 aliphatic heterocycles. The third-order valence-electron chi connectivity index (χ3n) is 3.83. The Morgan fingerprint density at radius 2 is 2.17 bits per heavy atom. The molecule has 0 aliphatic rings. The van der Waals surface area contributed by atoms with Crippen LogP contribution >= 0.6 is 0 Å². The predicted molar refractivity (Wildman–Crippen MR) is 93.6 cm³/mol. The Kier molecular flexibility index (Phi) is 6.00. The maximum atomic E-state index is 12.6. The second-order valence-corrected chi connectivity index (χ2v) is 6.40. The number of aromatic nitrogens is 4. The zero-order valence-corrected chi connectivity index (χ0v) is 15.3. The van der Waals surface area contributed by atoms with E-state index in [1.54, 1.807) is 10.9 Å². The molecular formula is C17H28N6O. The summed E-state index contributed by atoms with van der Waals surface area (Å²) in [6, 6.07) is 2.00. The Hall–Kier alpha value is -2.31. The highest BCUT2D eigenvalue weighted by atomic mass is 16.2. The Balaban J connectivity index is 1.94. The molecule has 2 amide bonds. The van der Waals surface area contributed by atoms with Gasteiger partial charge < -0.3 is 10.2 Å². The third-order valence-corrected chi connectivity index (χ3v) is 3.83. The van der Waals surface area contributed by atoms with E-state index in [0.29, 0.717) is 19.6 Å². The Bertz CT molecular complexity index is 674. The minimum absolute atomic E-state index is 0.00348. The Morgan fingerprint density at radius 3 is 2.71 bits per heavy atom. The first-order valence-corrected chi connectivity index (χ1v) is 8.43. The van der Waals surface area contributed by atoms with Crippen molar-refractivity contribution >= 4 is 6.03 Å². The Morgan fingerprint density at radius 1 is 1.42 bits per heavy atom. The van der Waals surface area contributed by atoms with Crippen molar-refractivity contribution in [2.24, 2.45) is 7.05 Å². The molecule has 0 bridgehead atoms. The molecule has 132 valence electrons. The van der Waals surface area contributed by atoms with Gasteiger partial charge in [-0.05, 0) is 33.3 Å². The molecule has 7 nitrogen and oxygen atoms in total. The van der Waals surface area contributed by atoms with Gasteiger partial charge in [0.15, 0.2) is 0 Å². The van der Waals surface area contributed by atoms with Gasteiger partial charge in [0, 0.05) is 37.1 Å². The minimum Gasteiger partial charge on any atom is -0.334 e. The summed E-state index contributed by atoms with van der Waals surface area (Å²) in [6.45, 7) is 10.0. The van der Waals surface area contributed by atoms with Crippen molar-refractivity contribution in [1.29, 1.82) is 0 Å². The van der Waals surface area contributed by atoms with Gasteiger partial charge in [-0.25, -0.2) is 4.79 Å². The van der Waals surface area contributed by atoms with Gasteiger partial charge in [-0.2, -0.15) is 10.2 Å². The van der Waals surface area contributed by atoms with E-state index < -0.39 is 0 Å². The van der Waals surface area contributed by atoms with Crippen LogP contribution in [0, 0.1) is 13.8 Å². The van der Waals surface area contributed by atoms with Crippen molar-refractivity contribution < 1.29 is 4.79 Å². The molecule has 0 spiro atoms. The number of aryl methyl sites for hydroxylation is 3. The summed E-state index contributed by atoms with van der Waals surface area (Å²) in [7, 11) is 1.88. The van der Waals surface area contributed by atoms with E-state index in [4.69, 9.17) is 0 Å². The van der Waals surface area contributed by atoms with Crippen molar-refractivity contribution in [3.63, 3.8) is 0 Å². The summed E-state index contributed by atoms with van der Waals surface area (Å²) < 4.78 is 3.69. The van der Waals surface area contributed by atoms with E-state index in [-0.39, 0.29) is 12.1 Å². The van der Waals surface area contributed by atoms with Crippen LogP contribution < -0.4 is 5.32 Å². The fourth-order valence-corrected chi connectivity index (χ4v) is 2.76. The fraction of sp³-hybridized carbons (Fsp3) is 0.588. The van der Waals surface area contributed by atoms with Gasteiger partial charge in [-0.3, -0.25) is 9.36 Å². The largest absolute Gasteiger partial charge is 0.334 e. The van der Waals surface area contributed by atoms with Crippen molar-refractivity contribution in [1.82, 2.24) is 29.8 Å². The molecule has 0 aliphatic carbocycles. The molecule has 0 fully saturated rings. The molecule has 24 heavy (non-hydrogen) atoms. The maximum absolute atomic E-state index is 12.6. The second kappa shape index (κ2) is 7.99. The highest BCUT2D eigenvalue weighted by Gasteiger charge is 2.17. The van der Waals surface area contributed by atoms with Crippen LogP contribution in [0.5, 0.6) is 0 Å². The number of carbonyl (C=O) groups is 1. The lowest BCUT2D eigenvalue weighted by Gasteiger charge is -2.24. The van der Waals surface area contributed by atoms with Crippen LogP contribution in [0.25, 0.3) is 0 Å². The molecule has 1 atom stereocenters. The summed E-state index contributed by atoms with van der Waals surface area (Å²) >= 11 is 0. The number of hydrogen-bond donors (Lipinski definition) is 1. The van der Waals surface area contributed by atoms with E-state index in [9.17, 15) is 4.79 Å². The first-order chi connectivity index (χ1) is 11.4. The normalized spacial score (nSPS) is 12.2. The second-order valence-electron chi connectivity index (χ2n) is 6.40. The average molecular weight is 332 g/mol. The molecule has 2 rings (SSSR count). The number of nitrogens with zero attached hydrogens (tertiary/aromatic N) is 5. The van der Waals surface area contributed by atoms with E-state index in [2.05, 4.69) is 22.4 Å². The van der Waals surface area contributed by atoms with Crippen LogP contribution in [0.1, 0.15) is 37.2 Å². The van der Waals surface area contributed by atoms with E-state index in [1.165, 1.54) is 0 Å². The molecule has 2 aromatic heterocycles. The summed E-state index contributed by atoms with van der Waals surface area (Å²) in [5, 5.41) is 11.7. The molecule has 0 radical (unpaired) electrons. The smallest absolute Gasteiger partial charge is 0.317 e. The molecule has 0 saturated heterocycles. The summed E-state index contributed by atoms with van der Waals surface area (Å²) in [5.74, 6) is 0. The molecule has 2 heterocycles. The monoisotopic (exact) mass is 332 g/mol.